The first-order valence-electron chi connectivity index (χ1n) is 6.54. The second-order valence-corrected chi connectivity index (χ2v) is 6.63. The normalized spacial score (nSPS) is 21.0. The summed E-state index contributed by atoms with van der Waals surface area (Å²) in [5, 5.41) is 0. The summed E-state index contributed by atoms with van der Waals surface area (Å²) < 4.78 is 6.59. The zero-order valence-corrected chi connectivity index (χ0v) is 12.3. The highest BCUT2D eigenvalue weighted by Crippen LogP contribution is 2.51. The van der Waals surface area contributed by atoms with Gasteiger partial charge in [-0.15, -0.1) is 0 Å². The lowest BCUT2D eigenvalue weighted by Gasteiger charge is -2.36. The highest BCUT2D eigenvalue weighted by molar-refractivity contribution is 9.10. The number of halogens is 1. The van der Waals surface area contributed by atoms with E-state index in [9.17, 15) is 0 Å². The molecule has 1 atom stereocenters. The molecule has 1 fully saturated rings. The highest BCUT2D eigenvalue weighted by Gasteiger charge is 2.42. The molecule has 3 heteroatoms. The van der Waals surface area contributed by atoms with Crippen molar-refractivity contribution in [3.63, 3.8) is 0 Å². The highest BCUT2D eigenvalue weighted by atomic mass is 79.9. The van der Waals surface area contributed by atoms with Crippen LogP contribution in [0.15, 0.2) is 21.2 Å². The molecule has 17 heavy (non-hydrogen) atoms. The van der Waals surface area contributed by atoms with Crippen molar-refractivity contribution in [3.05, 3.63) is 22.6 Å². The van der Waals surface area contributed by atoms with Crippen LogP contribution in [0.4, 0.5) is 0 Å². The smallest absolute Gasteiger partial charge is 0.135 e. The van der Waals surface area contributed by atoms with E-state index >= 15 is 0 Å². The summed E-state index contributed by atoms with van der Waals surface area (Å²) in [4.78, 5) is 0. The lowest BCUT2D eigenvalue weighted by atomic mass is 9.72. The fourth-order valence-corrected chi connectivity index (χ4v) is 3.79. The Morgan fingerprint density at radius 1 is 1.41 bits per heavy atom. The van der Waals surface area contributed by atoms with Gasteiger partial charge in [-0.05, 0) is 52.6 Å². The third-order valence-corrected chi connectivity index (χ3v) is 4.66. The maximum atomic E-state index is 6.51. The van der Waals surface area contributed by atoms with Gasteiger partial charge in [-0.1, -0.05) is 26.7 Å². The molecule has 2 N–H and O–H groups in total. The maximum Gasteiger partial charge on any atom is 0.135 e. The van der Waals surface area contributed by atoms with Gasteiger partial charge in [0.15, 0.2) is 0 Å². The Morgan fingerprint density at radius 2 is 2.06 bits per heavy atom. The molecule has 1 aliphatic carbocycles. The zero-order chi connectivity index (χ0) is 12.5. The van der Waals surface area contributed by atoms with Crippen molar-refractivity contribution in [2.45, 2.75) is 52.0 Å². The maximum absolute atomic E-state index is 6.51. The van der Waals surface area contributed by atoms with Crippen LogP contribution < -0.4 is 5.73 Å². The second kappa shape index (κ2) is 5.15. The molecule has 1 aromatic heterocycles. The van der Waals surface area contributed by atoms with Crippen LogP contribution in [0.1, 0.15) is 57.8 Å². The average Bonchev–Trinajstić information content (AvgIpc) is 2.86. The molecule has 1 aromatic rings. The van der Waals surface area contributed by atoms with Crippen molar-refractivity contribution in [2.75, 3.05) is 0 Å². The third kappa shape index (κ3) is 2.60. The first-order chi connectivity index (χ1) is 8.05. The lowest BCUT2D eigenvalue weighted by Crippen LogP contribution is -2.33. The Kier molecular flexibility index (Phi) is 3.99. The summed E-state index contributed by atoms with van der Waals surface area (Å²) in [5.74, 6) is 1.61. The molecular formula is C14H22BrNO. The number of rotatable bonds is 4. The van der Waals surface area contributed by atoms with E-state index in [1.54, 1.807) is 6.26 Å². The third-order valence-electron chi connectivity index (χ3n) is 4.00. The van der Waals surface area contributed by atoms with Crippen molar-refractivity contribution < 1.29 is 4.42 Å². The van der Waals surface area contributed by atoms with Gasteiger partial charge in [-0.2, -0.15) is 0 Å². The van der Waals surface area contributed by atoms with Crippen molar-refractivity contribution in [3.8, 4) is 0 Å². The fraction of sp³-hybridized carbons (Fsp3) is 0.714. The van der Waals surface area contributed by atoms with E-state index in [2.05, 4.69) is 29.8 Å². The van der Waals surface area contributed by atoms with Crippen LogP contribution in [-0.2, 0) is 0 Å². The summed E-state index contributed by atoms with van der Waals surface area (Å²) in [6.45, 7) is 4.56. The van der Waals surface area contributed by atoms with E-state index in [0.717, 1.165) is 10.2 Å². The van der Waals surface area contributed by atoms with Gasteiger partial charge in [0.05, 0.1) is 16.8 Å². The quantitative estimate of drug-likeness (QED) is 0.879. The van der Waals surface area contributed by atoms with Gasteiger partial charge < -0.3 is 10.2 Å². The molecule has 0 radical (unpaired) electrons. The summed E-state index contributed by atoms with van der Waals surface area (Å²) in [6, 6.07) is 1.96. The van der Waals surface area contributed by atoms with Crippen LogP contribution in [0.5, 0.6) is 0 Å². The molecule has 1 heterocycles. The molecular weight excluding hydrogens is 278 g/mol. The van der Waals surface area contributed by atoms with Crippen LogP contribution in [-0.4, -0.2) is 0 Å². The van der Waals surface area contributed by atoms with E-state index in [1.807, 2.05) is 6.07 Å². The molecule has 1 saturated carbocycles. The lowest BCUT2D eigenvalue weighted by molar-refractivity contribution is 0.166. The Balaban J connectivity index is 2.24. The SMILES string of the molecule is CC(C)CC1(C(N)c2occc2Br)CCCC1. The Hall–Kier alpha value is -0.280. The monoisotopic (exact) mass is 299 g/mol. The van der Waals surface area contributed by atoms with Crippen molar-refractivity contribution in [1.29, 1.82) is 0 Å². The molecule has 0 bridgehead atoms. The molecule has 2 rings (SSSR count). The van der Waals surface area contributed by atoms with E-state index in [4.69, 9.17) is 10.2 Å². The van der Waals surface area contributed by atoms with Gasteiger partial charge in [-0.3, -0.25) is 0 Å². The minimum absolute atomic E-state index is 0.0248. The predicted molar refractivity (Wildman–Crippen MR) is 73.7 cm³/mol. The summed E-state index contributed by atoms with van der Waals surface area (Å²) >= 11 is 3.53. The molecule has 0 saturated heterocycles. The Labute approximate surface area is 112 Å². The van der Waals surface area contributed by atoms with Crippen LogP contribution in [0.3, 0.4) is 0 Å². The van der Waals surface area contributed by atoms with E-state index in [-0.39, 0.29) is 11.5 Å². The van der Waals surface area contributed by atoms with Gasteiger partial charge >= 0.3 is 0 Å². The van der Waals surface area contributed by atoms with Crippen molar-refractivity contribution in [1.82, 2.24) is 0 Å². The van der Waals surface area contributed by atoms with Crippen LogP contribution in [0.25, 0.3) is 0 Å². The van der Waals surface area contributed by atoms with Gasteiger partial charge in [0, 0.05) is 0 Å². The average molecular weight is 300 g/mol. The van der Waals surface area contributed by atoms with E-state index in [0.29, 0.717) is 5.92 Å². The first kappa shape index (κ1) is 13.2. The Bertz CT molecular complexity index is 366. The molecule has 0 spiro atoms. The zero-order valence-electron chi connectivity index (χ0n) is 10.7. The topological polar surface area (TPSA) is 39.2 Å². The van der Waals surface area contributed by atoms with Crippen molar-refractivity contribution in [2.24, 2.45) is 17.1 Å². The van der Waals surface area contributed by atoms with Crippen LogP contribution in [0.2, 0.25) is 0 Å². The van der Waals surface area contributed by atoms with Gasteiger partial charge in [-0.25, -0.2) is 0 Å². The largest absolute Gasteiger partial charge is 0.466 e. The summed E-state index contributed by atoms with van der Waals surface area (Å²) in [6.07, 6.45) is 8.00. The van der Waals surface area contributed by atoms with Gasteiger partial charge in [0.2, 0.25) is 0 Å². The first-order valence-corrected chi connectivity index (χ1v) is 7.33. The Morgan fingerprint density at radius 3 is 2.53 bits per heavy atom. The molecule has 96 valence electrons. The van der Waals surface area contributed by atoms with E-state index < -0.39 is 0 Å². The summed E-state index contributed by atoms with van der Waals surface area (Å²) in [7, 11) is 0. The minimum atomic E-state index is 0.0248. The molecule has 1 aliphatic rings. The number of hydrogen-bond donors (Lipinski definition) is 1. The summed E-state index contributed by atoms with van der Waals surface area (Å²) in [5.41, 5.74) is 6.75. The van der Waals surface area contributed by atoms with Gasteiger partial charge in [0.1, 0.15) is 5.76 Å². The fourth-order valence-electron chi connectivity index (χ4n) is 3.34. The number of furan rings is 1. The molecule has 0 aliphatic heterocycles. The molecule has 0 aromatic carbocycles. The van der Waals surface area contributed by atoms with Crippen LogP contribution in [0, 0.1) is 11.3 Å². The molecule has 2 nitrogen and oxygen atoms in total. The minimum Gasteiger partial charge on any atom is -0.466 e. The number of hydrogen-bond acceptors (Lipinski definition) is 2. The van der Waals surface area contributed by atoms with Gasteiger partial charge in [0.25, 0.3) is 0 Å². The molecule has 1 unspecified atom stereocenters. The van der Waals surface area contributed by atoms with Crippen molar-refractivity contribution >= 4 is 15.9 Å². The standard InChI is InChI=1S/C14H22BrNO/c1-10(2)9-14(6-3-4-7-14)13(16)12-11(15)5-8-17-12/h5,8,10,13H,3-4,6-7,9,16H2,1-2H3. The second-order valence-electron chi connectivity index (χ2n) is 5.78. The van der Waals surface area contributed by atoms with Crippen LogP contribution >= 0.6 is 15.9 Å². The predicted octanol–water partition coefficient (Wildman–Crippen LogP) is 4.65. The van der Waals surface area contributed by atoms with E-state index in [1.165, 1.54) is 32.1 Å². The number of nitrogens with two attached hydrogens (primary N) is 1. The molecule has 0 amide bonds.